The minimum atomic E-state index is 0.511. The van der Waals surface area contributed by atoms with Gasteiger partial charge in [0.1, 0.15) is 12.3 Å². The summed E-state index contributed by atoms with van der Waals surface area (Å²) in [7, 11) is 3.78. The van der Waals surface area contributed by atoms with Crippen molar-refractivity contribution >= 4 is 45.4 Å². The number of hydrogen-bond donors (Lipinski definition) is 1. The fourth-order valence-electron chi connectivity index (χ4n) is 2.46. The lowest BCUT2D eigenvalue weighted by atomic mass is 10.2. The van der Waals surface area contributed by atoms with Crippen LogP contribution in [-0.4, -0.2) is 44.5 Å². The van der Waals surface area contributed by atoms with Crippen LogP contribution >= 0.6 is 28.4 Å². The molecule has 0 spiro atoms. The van der Waals surface area contributed by atoms with Gasteiger partial charge >= 0.3 is 0 Å². The van der Waals surface area contributed by atoms with Gasteiger partial charge in [-0.25, -0.2) is 4.45 Å². The lowest BCUT2D eigenvalue weighted by Gasteiger charge is -2.08. The van der Waals surface area contributed by atoms with Gasteiger partial charge in [-0.1, -0.05) is 6.58 Å². The molecule has 9 heteroatoms. The van der Waals surface area contributed by atoms with E-state index < -0.39 is 0 Å². The molecule has 0 aromatic carbocycles. The Morgan fingerprint density at radius 3 is 3.00 bits per heavy atom. The highest BCUT2D eigenvalue weighted by Crippen LogP contribution is 2.34. The van der Waals surface area contributed by atoms with E-state index >= 15 is 0 Å². The molecule has 0 fully saturated rings. The van der Waals surface area contributed by atoms with Crippen molar-refractivity contribution in [2.45, 2.75) is 0 Å². The highest BCUT2D eigenvalue weighted by atomic mass is 127. The fraction of sp³-hybridized carbons (Fsp3) is 0.267. The Hall–Kier alpha value is -1.51. The van der Waals surface area contributed by atoms with E-state index in [0.29, 0.717) is 13.0 Å². The number of fused-ring (bicyclic) bond motifs is 1. The minimum absolute atomic E-state index is 0.511. The standard InChI is InChI=1S/C15H18IN6OP/c1-4-11-10-7-12(18-8-13(10)22(20-11)24-16)15-14(9-19-21(15)3)23-6-5-17-2/h4,7-9,17,24H,1,5-6H2,2-3H3. The second kappa shape index (κ2) is 7.58. The van der Waals surface area contributed by atoms with Crippen molar-refractivity contribution in [1.82, 2.24) is 29.6 Å². The van der Waals surface area contributed by atoms with Crippen LogP contribution in [0, 0.1) is 0 Å². The van der Waals surface area contributed by atoms with Crippen LogP contribution in [0.25, 0.3) is 28.4 Å². The summed E-state index contributed by atoms with van der Waals surface area (Å²) in [6.45, 7) is 5.20. The number of pyridine rings is 1. The predicted octanol–water partition coefficient (Wildman–Crippen LogP) is 2.86. The zero-order valence-electron chi connectivity index (χ0n) is 13.5. The molecule has 7 nitrogen and oxygen atoms in total. The molecule has 0 aliphatic carbocycles. The van der Waals surface area contributed by atoms with E-state index in [2.05, 4.69) is 49.1 Å². The van der Waals surface area contributed by atoms with Crippen molar-refractivity contribution in [2.24, 2.45) is 7.05 Å². The first-order valence-corrected chi connectivity index (χ1v) is 11.4. The Balaban J connectivity index is 2.07. The van der Waals surface area contributed by atoms with E-state index in [1.807, 2.05) is 30.8 Å². The maximum Gasteiger partial charge on any atom is 0.166 e. The monoisotopic (exact) mass is 456 g/mol. The molecule has 3 aromatic heterocycles. The summed E-state index contributed by atoms with van der Waals surface area (Å²) in [5.74, 6) is 0.725. The van der Waals surface area contributed by atoms with Gasteiger partial charge in [0.05, 0.1) is 35.7 Å². The first kappa shape index (κ1) is 17.3. The van der Waals surface area contributed by atoms with E-state index in [4.69, 9.17) is 4.74 Å². The molecule has 126 valence electrons. The van der Waals surface area contributed by atoms with E-state index in [1.165, 1.54) is 0 Å². The first-order valence-electron chi connectivity index (χ1n) is 7.37. The average Bonchev–Trinajstić information content (AvgIpc) is 3.14. The van der Waals surface area contributed by atoms with Gasteiger partial charge in [-0.15, -0.1) is 0 Å². The van der Waals surface area contributed by atoms with Crippen molar-refractivity contribution in [2.75, 3.05) is 20.2 Å². The Labute approximate surface area is 154 Å². The summed E-state index contributed by atoms with van der Waals surface area (Å²) >= 11 is 2.31. The number of nitrogens with one attached hydrogen (secondary N) is 1. The molecule has 0 aliphatic rings. The minimum Gasteiger partial charge on any atom is -0.488 e. The summed E-state index contributed by atoms with van der Waals surface area (Å²) in [6.07, 6.45) is 5.85. The van der Waals surface area contributed by atoms with Crippen LogP contribution in [-0.2, 0) is 7.05 Å². The van der Waals surface area contributed by atoms with Gasteiger partial charge in [0.25, 0.3) is 0 Å². The zero-order valence-corrected chi connectivity index (χ0v) is 16.6. The average molecular weight is 456 g/mol. The molecule has 0 aliphatic heterocycles. The predicted molar refractivity (Wildman–Crippen MR) is 107 cm³/mol. The molecule has 3 rings (SSSR count). The lowest BCUT2D eigenvalue weighted by molar-refractivity contribution is 0.319. The molecule has 0 amide bonds. The van der Waals surface area contributed by atoms with Crippen LogP contribution in [0.2, 0.25) is 0 Å². The zero-order chi connectivity index (χ0) is 17.1. The van der Waals surface area contributed by atoms with Crippen LogP contribution in [0.15, 0.2) is 25.0 Å². The molecular formula is C15H18IN6OP. The Kier molecular flexibility index (Phi) is 5.47. The summed E-state index contributed by atoms with van der Waals surface area (Å²) in [5, 5.41) is 13.0. The number of aromatic nitrogens is 5. The highest BCUT2D eigenvalue weighted by Gasteiger charge is 2.16. The Morgan fingerprint density at radius 1 is 1.46 bits per heavy atom. The number of nitrogens with zero attached hydrogens (tertiary/aromatic N) is 5. The Bertz CT molecular complexity index is 874. The second-order valence-corrected chi connectivity index (χ2v) is 7.15. The number of hydrogen-bond acceptors (Lipinski definition) is 5. The number of halogens is 1. The van der Waals surface area contributed by atoms with Gasteiger partial charge in [-0.05, 0) is 41.2 Å². The summed E-state index contributed by atoms with van der Waals surface area (Å²) in [4.78, 5) is 4.60. The third-order valence-electron chi connectivity index (χ3n) is 3.63. The van der Waals surface area contributed by atoms with Crippen molar-refractivity contribution < 1.29 is 4.74 Å². The van der Waals surface area contributed by atoms with E-state index in [0.717, 1.165) is 40.3 Å². The Morgan fingerprint density at radius 2 is 2.29 bits per heavy atom. The van der Waals surface area contributed by atoms with Gasteiger partial charge in [-0.2, -0.15) is 10.2 Å². The lowest BCUT2D eigenvalue weighted by Crippen LogP contribution is -2.16. The third-order valence-corrected chi connectivity index (χ3v) is 5.50. The number of rotatable bonds is 7. The van der Waals surface area contributed by atoms with Crippen LogP contribution in [0.5, 0.6) is 5.75 Å². The summed E-state index contributed by atoms with van der Waals surface area (Å²) < 4.78 is 9.54. The fourth-order valence-corrected chi connectivity index (χ4v) is 3.98. The summed E-state index contributed by atoms with van der Waals surface area (Å²) in [5.41, 5.74) is 3.52. The molecule has 0 saturated carbocycles. The molecule has 1 N–H and O–H groups in total. The summed E-state index contributed by atoms with van der Waals surface area (Å²) in [6, 6.07) is 2.02. The largest absolute Gasteiger partial charge is 0.488 e. The van der Waals surface area contributed by atoms with E-state index in [9.17, 15) is 0 Å². The van der Waals surface area contributed by atoms with Gasteiger partial charge in [0, 0.05) is 19.0 Å². The van der Waals surface area contributed by atoms with Crippen LogP contribution in [0.1, 0.15) is 5.69 Å². The number of likely N-dealkylation sites (N-methyl/N-ethyl adjacent to an activating group) is 1. The van der Waals surface area contributed by atoms with Gasteiger partial charge < -0.3 is 10.1 Å². The van der Waals surface area contributed by atoms with Crippen molar-refractivity contribution in [1.29, 1.82) is 0 Å². The normalized spacial score (nSPS) is 11.6. The molecule has 1 unspecified atom stereocenters. The number of ether oxygens (including phenoxy) is 1. The molecule has 1 atom stereocenters. The maximum atomic E-state index is 5.82. The van der Waals surface area contributed by atoms with Gasteiger partial charge in [0.2, 0.25) is 0 Å². The first-order chi connectivity index (χ1) is 11.7. The van der Waals surface area contributed by atoms with E-state index in [-0.39, 0.29) is 0 Å². The smallest absolute Gasteiger partial charge is 0.166 e. The molecule has 0 radical (unpaired) electrons. The maximum absolute atomic E-state index is 5.82. The third kappa shape index (κ3) is 3.18. The molecule has 3 aromatic rings. The highest BCUT2D eigenvalue weighted by molar-refractivity contribution is 14.2. The van der Waals surface area contributed by atoms with Crippen molar-refractivity contribution in [3.05, 3.63) is 30.7 Å². The van der Waals surface area contributed by atoms with Crippen molar-refractivity contribution in [3.63, 3.8) is 0 Å². The van der Waals surface area contributed by atoms with Gasteiger partial charge in [-0.3, -0.25) is 9.67 Å². The molecule has 3 heterocycles. The number of aryl methyl sites for hydroxylation is 1. The molecule has 0 saturated heterocycles. The molecular weight excluding hydrogens is 438 g/mol. The topological polar surface area (TPSA) is 69.8 Å². The molecule has 24 heavy (non-hydrogen) atoms. The van der Waals surface area contributed by atoms with Crippen LogP contribution in [0.3, 0.4) is 0 Å². The second-order valence-electron chi connectivity index (χ2n) is 5.11. The van der Waals surface area contributed by atoms with Crippen LogP contribution in [0.4, 0.5) is 0 Å². The SMILES string of the molecule is C=Cc1nn(PI)c2cnc(-c3c(OCCNC)cnn3C)cc12. The van der Waals surface area contributed by atoms with Crippen LogP contribution < -0.4 is 10.1 Å². The molecule has 0 bridgehead atoms. The van der Waals surface area contributed by atoms with E-state index in [1.54, 1.807) is 17.0 Å². The van der Waals surface area contributed by atoms with Crippen molar-refractivity contribution in [3.8, 4) is 17.1 Å². The quantitative estimate of drug-likeness (QED) is 0.337. The van der Waals surface area contributed by atoms with Gasteiger partial charge in [0.15, 0.2) is 5.75 Å².